The molecule has 0 saturated heterocycles. The van der Waals surface area contributed by atoms with Gasteiger partial charge in [-0.1, -0.05) is 36.6 Å². The van der Waals surface area contributed by atoms with Crippen LogP contribution in [0.25, 0.3) is 0 Å². The standard InChI is InChI=1S/C17H24ClN3/c1-15-6-7-16(17(18)12-15)13-19-8-4-2-3-5-10-21-11-9-20-14-21/h6-7,9,11-12,14,19H,2-5,8,10,13H2,1H3. The third-order valence-electron chi connectivity index (χ3n) is 3.60. The minimum Gasteiger partial charge on any atom is -0.337 e. The van der Waals surface area contributed by atoms with Crippen molar-refractivity contribution >= 4 is 11.6 Å². The number of hydrogen-bond acceptors (Lipinski definition) is 2. The van der Waals surface area contributed by atoms with E-state index in [1.807, 2.05) is 24.8 Å². The van der Waals surface area contributed by atoms with E-state index in [2.05, 4.69) is 33.9 Å². The molecule has 3 nitrogen and oxygen atoms in total. The molecule has 2 rings (SSSR count). The molecule has 0 bridgehead atoms. The van der Waals surface area contributed by atoms with E-state index < -0.39 is 0 Å². The Morgan fingerprint density at radius 1 is 1.19 bits per heavy atom. The Morgan fingerprint density at radius 2 is 2.05 bits per heavy atom. The number of benzene rings is 1. The summed E-state index contributed by atoms with van der Waals surface area (Å²) < 4.78 is 2.14. The van der Waals surface area contributed by atoms with Gasteiger partial charge in [0.05, 0.1) is 6.33 Å². The molecule has 21 heavy (non-hydrogen) atoms. The molecule has 2 aromatic rings. The lowest BCUT2D eigenvalue weighted by Gasteiger charge is -2.07. The second-order valence-corrected chi connectivity index (χ2v) is 5.89. The first kappa shape index (κ1) is 16.1. The van der Waals surface area contributed by atoms with Gasteiger partial charge in [-0.2, -0.15) is 0 Å². The molecule has 1 aromatic heterocycles. The van der Waals surface area contributed by atoms with Gasteiger partial charge in [0.15, 0.2) is 0 Å². The summed E-state index contributed by atoms with van der Waals surface area (Å²) in [5.74, 6) is 0. The molecular weight excluding hydrogens is 282 g/mol. The highest BCUT2D eigenvalue weighted by Crippen LogP contribution is 2.17. The van der Waals surface area contributed by atoms with Gasteiger partial charge in [0, 0.05) is 30.5 Å². The number of rotatable bonds is 9. The first-order valence-corrected chi connectivity index (χ1v) is 8.05. The average Bonchev–Trinajstić information content (AvgIpc) is 2.97. The van der Waals surface area contributed by atoms with Crippen molar-refractivity contribution in [1.82, 2.24) is 14.9 Å². The van der Waals surface area contributed by atoms with Crippen molar-refractivity contribution in [3.8, 4) is 0 Å². The van der Waals surface area contributed by atoms with Gasteiger partial charge < -0.3 is 9.88 Å². The van der Waals surface area contributed by atoms with Crippen molar-refractivity contribution in [2.75, 3.05) is 6.54 Å². The lowest BCUT2D eigenvalue weighted by Crippen LogP contribution is -2.15. The maximum atomic E-state index is 6.21. The maximum absolute atomic E-state index is 6.21. The quantitative estimate of drug-likeness (QED) is 0.704. The Balaban J connectivity index is 1.50. The van der Waals surface area contributed by atoms with Crippen LogP contribution in [0.2, 0.25) is 5.02 Å². The van der Waals surface area contributed by atoms with Crippen molar-refractivity contribution in [2.45, 2.75) is 45.7 Å². The number of aryl methyl sites for hydroxylation is 2. The van der Waals surface area contributed by atoms with E-state index in [0.717, 1.165) is 24.7 Å². The summed E-state index contributed by atoms with van der Waals surface area (Å²) in [4.78, 5) is 4.05. The second kappa shape index (κ2) is 8.85. The summed E-state index contributed by atoms with van der Waals surface area (Å²) in [5, 5.41) is 4.33. The van der Waals surface area contributed by atoms with E-state index >= 15 is 0 Å². The lowest BCUT2D eigenvalue weighted by atomic mass is 10.1. The van der Waals surface area contributed by atoms with Crippen molar-refractivity contribution in [3.05, 3.63) is 53.1 Å². The van der Waals surface area contributed by atoms with Gasteiger partial charge in [0.2, 0.25) is 0 Å². The summed E-state index contributed by atoms with van der Waals surface area (Å²) >= 11 is 6.21. The lowest BCUT2D eigenvalue weighted by molar-refractivity contribution is 0.551. The smallest absolute Gasteiger partial charge is 0.0945 e. The summed E-state index contributed by atoms with van der Waals surface area (Å²) in [6, 6.07) is 6.24. The topological polar surface area (TPSA) is 29.9 Å². The fourth-order valence-corrected chi connectivity index (χ4v) is 2.64. The molecule has 1 N–H and O–H groups in total. The Hall–Kier alpha value is -1.32. The van der Waals surface area contributed by atoms with E-state index in [1.165, 1.54) is 36.8 Å². The molecule has 0 atom stereocenters. The number of nitrogens with zero attached hydrogens (tertiary/aromatic N) is 2. The molecule has 0 aliphatic rings. The van der Waals surface area contributed by atoms with Crippen molar-refractivity contribution in [2.24, 2.45) is 0 Å². The third kappa shape index (κ3) is 5.90. The van der Waals surface area contributed by atoms with Crippen LogP contribution in [0.5, 0.6) is 0 Å². The van der Waals surface area contributed by atoms with E-state index in [0.29, 0.717) is 0 Å². The van der Waals surface area contributed by atoms with Crippen LogP contribution < -0.4 is 5.32 Å². The Bertz CT molecular complexity index is 523. The van der Waals surface area contributed by atoms with Crippen LogP contribution in [-0.4, -0.2) is 16.1 Å². The summed E-state index contributed by atoms with van der Waals surface area (Å²) in [7, 11) is 0. The average molecular weight is 306 g/mol. The zero-order valence-corrected chi connectivity index (χ0v) is 13.4. The number of hydrogen-bond donors (Lipinski definition) is 1. The first-order chi connectivity index (χ1) is 10.3. The van der Waals surface area contributed by atoms with Crippen LogP contribution in [0.1, 0.15) is 36.8 Å². The fourth-order valence-electron chi connectivity index (χ4n) is 2.34. The summed E-state index contributed by atoms with van der Waals surface area (Å²) in [6.07, 6.45) is 10.7. The Morgan fingerprint density at radius 3 is 2.81 bits per heavy atom. The molecule has 0 radical (unpaired) electrons. The molecule has 1 heterocycles. The monoisotopic (exact) mass is 305 g/mol. The normalized spacial score (nSPS) is 11.0. The van der Waals surface area contributed by atoms with Gasteiger partial charge in [-0.25, -0.2) is 4.98 Å². The zero-order chi connectivity index (χ0) is 14.9. The van der Waals surface area contributed by atoms with Gasteiger partial charge in [0.25, 0.3) is 0 Å². The van der Waals surface area contributed by atoms with Gasteiger partial charge in [0.1, 0.15) is 0 Å². The number of aromatic nitrogens is 2. The first-order valence-electron chi connectivity index (χ1n) is 7.67. The van der Waals surface area contributed by atoms with E-state index in [-0.39, 0.29) is 0 Å². The molecule has 4 heteroatoms. The minimum absolute atomic E-state index is 0.855. The van der Waals surface area contributed by atoms with Gasteiger partial charge in [-0.05, 0) is 43.5 Å². The molecular formula is C17H24ClN3. The zero-order valence-electron chi connectivity index (χ0n) is 12.7. The SMILES string of the molecule is Cc1ccc(CNCCCCCCn2ccnc2)c(Cl)c1. The van der Waals surface area contributed by atoms with E-state index in [4.69, 9.17) is 11.6 Å². The molecule has 0 aliphatic carbocycles. The predicted molar refractivity (Wildman–Crippen MR) is 88.6 cm³/mol. The number of nitrogens with one attached hydrogen (secondary N) is 1. The molecule has 0 fully saturated rings. The Kier molecular flexibility index (Phi) is 6.77. The fraction of sp³-hybridized carbons (Fsp3) is 0.471. The van der Waals surface area contributed by atoms with Gasteiger partial charge in [-0.3, -0.25) is 0 Å². The summed E-state index contributed by atoms with van der Waals surface area (Å²) in [6.45, 7) is 5.04. The molecule has 0 unspecified atom stereocenters. The molecule has 0 saturated carbocycles. The van der Waals surface area contributed by atoms with Crippen LogP contribution in [0.3, 0.4) is 0 Å². The molecule has 1 aromatic carbocycles. The van der Waals surface area contributed by atoms with Gasteiger partial charge in [-0.15, -0.1) is 0 Å². The van der Waals surface area contributed by atoms with Crippen LogP contribution in [0.15, 0.2) is 36.9 Å². The second-order valence-electron chi connectivity index (χ2n) is 5.49. The third-order valence-corrected chi connectivity index (χ3v) is 3.95. The summed E-state index contributed by atoms with van der Waals surface area (Å²) in [5.41, 5.74) is 2.39. The van der Waals surface area contributed by atoms with Crippen LogP contribution in [0.4, 0.5) is 0 Å². The van der Waals surface area contributed by atoms with Crippen LogP contribution in [-0.2, 0) is 13.1 Å². The highest BCUT2D eigenvalue weighted by Gasteiger charge is 1.99. The number of unbranched alkanes of at least 4 members (excludes halogenated alkanes) is 3. The number of halogens is 1. The van der Waals surface area contributed by atoms with Crippen molar-refractivity contribution in [1.29, 1.82) is 0 Å². The van der Waals surface area contributed by atoms with Crippen LogP contribution >= 0.6 is 11.6 Å². The molecule has 0 amide bonds. The largest absolute Gasteiger partial charge is 0.337 e. The highest BCUT2D eigenvalue weighted by molar-refractivity contribution is 6.31. The minimum atomic E-state index is 0.855. The van der Waals surface area contributed by atoms with Crippen molar-refractivity contribution < 1.29 is 0 Å². The van der Waals surface area contributed by atoms with E-state index in [1.54, 1.807) is 0 Å². The highest BCUT2D eigenvalue weighted by atomic mass is 35.5. The Labute approximate surface area is 132 Å². The maximum Gasteiger partial charge on any atom is 0.0945 e. The van der Waals surface area contributed by atoms with Crippen LogP contribution in [0, 0.1) is 6.92 Å². The molecule has 0 aliphatic heterocycles. The van der Waals surface area contributed by atoms with Gasteiger partial charge >= 0.3 is 0 Å². The molecule has 0 spiro atoms. The van der Waals surface area contributed by atoms with E-state index in [9.17, 15) is 0 Å². The van der Waals surface area contributed by atoms with Crippen molar-refractivity contribution in [3.63, 3.8) is 0 Å². The predicted octanol–water partition coefficient (Wildman–Crippen LogP) is 4.20. The number of imidazole rings is 1. The molecule has 114 valence electrons.